The topological polar surface area (TPSA) is 57.6 Å². The summed E-state index contributed by atoms with van der Waals surface area (Å²) in [6.45, 7) is 0.324. The summed E-state index contributed by atoms with van der Waals surface area (Å²) in [6, 6.07) is 1.41. The van der Waals surface area contributed by atoms with E-state index in [9.17, 15) is 8.42 Å². The molecule has 0 radical (unpaired) electrons. The molecule has 15 heavy (non-hydrogen) atoms. The molecule has 0 bridgehead atoms. The van der Waals surface area contributed by atoms with Crippen molar-refractivity contribution >= 4 is 48.9 Å². The minimum absolute atomic E-state index is 0.162. The van der Waals surface area contributed by atoms with Crippen LogP contribution in [0.4, 0.5) is 0 Å². The van der Waals surface area contributed by atoms with Gasteiger partial charge in [-0.05, 0) is 22.0 Å². The first-order valence-electron chi connectivity index (χ1n) is 4.04. The predicted octanol–water partition coefficient (Wildman–Crippen LogP) is 1.53. The Kier molecular flexibility index (Phi) is 3.13. The largest absolute Gasteiger partial charge is 0.390 e. The molecule has 0 unspecified atom stereocenters. The third-order valence-corrected chi connectivity index (χ3v) is 6.80. The molecule has 84 valence electrons. The molecule has 8 heteroatoms. The summed E-state index contributed by atoms with van der Waals surface area (Å²) in [5, 5.41) is 9.44. The molecule has 1 aliphatic rings. The second kappa shape index (κ2) is 3.97. The van der Waals surface area contributed by atoms with Crippen LogP contribution >= 0.6 is 38.9 Å². The zero-order valence-electron chi connectivity index (χ0n) is 7.35. The van der Waals surface area contributed by atoms with Gasteiger partial charge in [0.15, 0.2) is 0 Å². The first-order valence-corrected chi connectivity index (χ1v) is 7.47. The van der Waals surface area contributed by atoms with E-state index in [0.717, 1.165) is 11.3 Å². The van der Waals surface area contributed by atoms with Gasteiger partial charge in [-0.25, -0.2) is 8.42 Å². The van der Waals surface area contributed by atoms with Gasteiger partial charge in [-0.2, -0.15) is 4.31 Å². The molecule has 0 saturated carbocycles. The fourth-order valence-electron chi connectivity index (χ4n) is 1.19. The van der Waals surface area contributed by atoms with Crippen LogP contribution in [0.15, 0.2) is 14.1 Å². The lowest BCUT2D eigenvalue weighted by Gasteiger charge is -2.33. The fourth-order valence-corrected chi connectivity index (χ4v) is 5.26. The number of halogens is 2. The van der Waals surface area contributed by atoms with Crippen molar-refractivity contribution in [3.63, 3.8) is 0 Å². The number of nitrogens with zero attached hydrogens (tertiary/aromatic N) is 1. The van der Waals surface area contributed by atoms with E-state index in [2.05, 4.69) is 15.9 Å². The molecule has 2 rings (SSSR count). The maximum atomic E-state index is 11.9. The second-order valence-electron chi connectivity index (χ2n) is 3.16. The molecule has 1 aliphatic heterocycles. The maximum absolute atomic E-state index is 11.9. The molecule has 1 saturated heterocycles. The third kappa shape index (κ3) is 2.09. The van der Waals surface area contributed by atoms with E-state index in [0.29, 0.717) is 8.81 Å². The van der Waals surface area contributed by atoms with Gasteiger partial charge in [0.25, 0.3) is 10.0 Å². The summed E-state index contributed by atoms with van der Waals surface area (Å²) in [7, 11) is -3.46. The smallest absolute Gasteiger partial charge is 0.252 e. The van der Waals surface area contributed by atoms with Crippen molar-refractivity contribution in [2.75, 3.05) is 13.1 Å². The highest BCUT2D eigenvalue weighted by atomic mass is 79.9. The highest BCUT2D eigenvalue weighted by Crippen LogP contribution is 2.36. The van der Waals surface area contributed by atoms with Gasteiger partial charge in [-0.3, -0.25) is 0 Å². The Hall–Kier alpha value is 0.340. The highest BCUT2D eigenvalue weighted by molar-refractivity contribution is 9.11. The number of sulfonamides is 1. The monoisotopic (exact) mass is 331 g/mol. The van der Waals surface area contributed by atoms with Gasteiger partial charge < -0.3 is 5.11 Å². The van der Waals surface area contributed by atoms with Crippen molar-refractivity contribution in [2.24, 2.45) is 0 Å². The van der Waals surface area contributed by atoms with Gasteiger partial charge in [0.05, 0.1) is 14.9 Å². The summed E-state index contributed by atoms with van der Waals surface area (Å²) >= 11 is 10.00. The van der Waals surface area contributed by atoms with E-state index in [1.165, 1.54) is 10.4 Å². The van der Waals surface area contributed by atoms with Crippen molar-refractivity contribution < 1.29 is 13.5 Å². The van der Waals surface area contributed by atoms with Crippen LogP contribution in [0.2, 0.25) is 5.02 Å². The first kappa shape index (κ1) is 11.8. The van der Waals surface area contributed by atoms with E-state index < -0.39 is 16.1 Å². The number of aliphatic hydroxyl groups excluding tert-OH is 1. The Morgan fingerprint density at radius 3 is 2.60 bits per heavy atom. The summed E-state index contributed by atoms with van der Waals surface area (Å²) in [4.78, 5) is 0. The van der Waals surface area contributed by atoms with Gasteiger partial charge in [0.2, 0.25) is 0 Å². The van der Waals surface area contributed by atoms with Crippen LogP contribution in [0.3, 0.4) is 0 Å². The van der Waals surface area contributed by atoms with Crippen LogP contribution in [0, 0.1) is 0 Å². The molecule has 0 amide bonds. The lowest BCUT2D eigenvalue weighted by Crippen LogP contribution is -2.53. The molecule has 4 nitrogen and oxygen atoms in total. The predicted molar refractivity (Wildman–Crippen MR) is 61.8 cm³/mol. The molecular formula is C7H7BrClNO3S2. The lowest BCUT2D eigenvalue weighted by atomic mass is 10.2. The van der Waals surface area contributed by atoms with Crippen LogP contribution in [0.1, 0.15) is 0 Å². The first-order chi connectivity index (χ1) is 6.91. The van der Waals surface area contributed by atoms with Crippen LogP contribution < -0.4 is 0 Å². The van der Waals surface area contributed by atoms with E-state index in [1.807, 2.05) is 0 Å². The van der Waals surface area contributed by atoms with Crippen molar-refractivity contribution in [1.82, 2.24) is 4.31 Å². The maximum Gasteiger partial charge on any atom is 0.252 e. The lowest BCUT2D eigenvalue weighted by molar-refractivity contribution is 0.0549. The fraction of sp³-hybridized carbons (Fsp3) is 0.429. The van der Waals surface area contributed by atoms with Gasteiger partial charge in [0, 0.05) is 13.1 Å². The van der Waals surface area contributed by atoms with Crippen LogP contribution in [0.25, 0.3) is 0 Å². The molecule has 0 aliphatic carbocycles. The Labute approximate surface area is 105 Å². The summed E-state index contributed by atoms with van der Waals surface area (Å²) in [5.74, 6) is 0. The van der Waals surface area contributed by atoms with Gasteiger partial charge in [-0.15, -0.1) is 11.3 Å². The van der Waals surface area contributed by atoms with E-state index in [1.54, 1.807) is 0 Å². The van der Waals surface area contributed by atoms with Gasteiger partial charge in [0.1, 0.15) is 4.21 Å². The molecule has 1 N–H and O–H groups in total. The molecule has 1 fully saturated rings. The number of hydrogen-bond acceptors (Lipinski definition) is 4. The molecule has 0 atom stereocenters. The minimum atomic E-state index is -3.46. The molecule has 0 spiro atoms. The van der Waals surface area contributed by atoms with Crippen molar-refractivity contribution in [1.29, 1.82) is 0 Å². The van der Waals surface area contributed by atoms with Crippen molar-refractivity contribution in [3.8, 4) is 0 Å². The molecule has 2 heterocycles. The van der Waals surface area contributed by atoms with Crippen molar-refractivity contribution in [2.45, 2.75) is 10.3 Å². The summed E-state index contributed by atoms with van der Waals surface area (Å²) < 4.78 is 25.8. The summed E-state index contributed by atoms with van der Waals surface area (Å²) in [5.41, 5.74) is 0. The standard InChI is InChI=1S/C7H7BrClNO3S2/c8-7-5(9)1-6(14-7)15(12,13)10-2-4(11)3-10/h1,4,11H,2-3H2. The Morgan fingerprint density at radius 1 is 1.60 bits per heavy atom. The number of aliphatic hydroxyl groups is 1. The number of thiophene rings is 1. The molecule has 1 aromatic rings. The molecular weight excluding hydrogens is 326 g/mol. The van der Waals surface area contributed by atoms with Crippen LogP contribution in [-0.2, 0) is 10.0 Å². The Bertz CT molecular complexity index is 461. The molecule has 0 aromatic carbocycles. The zero-order valence-corrected chi connectivity index (χ0v) is 11.3. The highest BCUT2D eigenvalue weighted by Gasteiger charge is 2.36. The Morgan fingerprint density at radius 2 is 2.20 bits per heavy atom. The minimum Gasteiger partial charge on any atom is -0.390 e. The normalized spacial score (nSPS) is 19.1. The average Bonchev–Trinajstić information content (AvgIpc) is 2.42. The van der Waals surface area contributed by atoms with E-state index in [4.69, 9.17) is 16.7 Å². The van der Waals surface area contributed by atoms with Crippen molar-refractivity contribution in [3.05, 3.63) is 14.9 Å². The van der Waals surface area contributed by atoms with Gasteiger partial charge in [-0.1, -0.05) is 11.6 Å². The third-order valence-electron chi connectivity index (χ3n) is 2.05. The second-order valence-corrected chi connectivity index (χ2v) is 8.10. The SMILES string of the molecule is O=S(=O)(c1cc(Cl)c(Br)s1)N1CC(O)C1. The average molecular weight is 333 g/mol. The number of hydrogen-bond donors (Lipinski definition) is 1. The van der Waals surface area contributed by atoms with E-state index >= 15 is 0 Å². The molecule has 1 aromatic heterocycles. The zero-order chi connectivity index (χ0) is 11.2. The summed E-state index contributed by atoms with van der Waals surface area (Å²) in [6.07, 6.45) is -0.543. The van der Waals surface area contributed by atoms with E-state index in [-0.39, 0.29) is 17.3 Å². The van der Waals surface area contributed by atoms with Crippen LogP contribution in [0.5, 0.6) is 0 Å². The quantitative estimate of drug-likeness (QED) is 0.893. The number of β-amino-alcohol motifs (C(OH)–C–C–N with tert-alkyl or cyclic N) is 1. The van der Waals surface area contributed by atoms with Gasteiger partial charge >= 0.3 is 0 Å². The van der Waals surface area contributed by atoms with Crippen LogP contribution in [-0.4, -0.2) is 37.0 Å². The Balaban J connectivity index is 2.30. The number of rotatable bonds is 2.